The number of rotatable bonds is 2. The van der Waals surface area contributed by atoms with Crippen LogP contribution in [0.4, 0.5) is 14.5 Å². The highest BCUT2D eigenvalue weighted by atomic mass is 79.9. The van der Waals surface area contributed by atoms with Crippen LogP contribution < -0.4 is 5.32 Å². The number of alkyl halides is 1. The van der Waals surface area contributed by atoms with Crippen molar-refractivity contribution in [3.63, 3.8) is 0 Å². The molecule has 6 heteroatoms. The van der Waals surface area contributed by atoms with Gasteiger partial charge < -0.3 is 5.32 Å². The first-order chi connectivity index (χ1) is 7.21. The zero-order valence-electron chi connectivity index (χ0n) is 8.57. The monoisotopic (exact) mass is 355 g/mol. The van der Waals surface area contributed by atoms with E-state index in [9.17, 15) is 13.6 Å². The molecule has 1 aromatic carbocycles. The van der Waals surface area contributed by atoms with E-state index in [-0.39, 0.29) is 10.2 Å². The summed E-state index contributed by atoms with van der Waals surface area (Å²) in [5.74, 6) is -1.78. The van der Waals surface area contributed by atoms with Gasteiger partial charge in [0.1, 0.15) is 11.6 Å². The number of benzene rings is 1. The van der Waals surface area contributed by atoms with Crippen molar-refractivity contribution in [2.24, 2.45) is 0 Å². The summed E-state index contributed by atoms with van der Waals surface area (Å²) in [7, 11) is 0. The molecule has 1 N–H and O–H groups in total. The summed E-state index contributed by atoms with van der Waals surface area (Å²) < 4.78 is 25.7. The first-order valence-corrected chi connectivity index (χ1v) is 5.95. The van der Waals surface area contributed by atoms with Crippen molar-refractivity contribution in [3.05, 3.63) is 28.2 Å². The largest absolute Gasteiger partial charge is 0.322 e. The number of amides is 1. The summed E-state index contributed by atoms with van der Waals surface area (Å²) in [6, 6.07) is 1.89. The van der Waals surface area contributed by atoms with Gasteiger partial charge in [0, 0.05) is 6.07 Å². The number of anilines is 1. The Morgan fingerprint density at radius 2 is 1.88 bits per heavy atom. The highest BCUT2D eigenvalue weighted by Crippen LogP contribution is 2.25. The fraction of sp³-hybridized carbons (Fsp3) is 0.300. The first-order valence-electron chi connectivity index (χ1n) is 4.36. The molecule has 0 atom stereocenters. The standard InChI is InChI=1S/C10H9Br2F2NO/c1-10(2,12)9(16)15-8-4-6(13)5(11)3-7(8)14/h3-4H,1-2H3,(H,15,16). The molecule has 0 saturated heterocycles. The summed E-state index contributed by atoms with van der Waals surface area (Å²) in [6.45, 7) is 3.21. The highest BCUT2D eigenvalue weighted by Gasteiger charge is 2.24. The van der Waals surface area contributed by atoms with E-state index in [0.717, 1.165) is 12.1 Å². The van der Waals surface area contributed by atoms with Crippen LogP contribution in [0.15, 0.2) is 16.6 Å². The van der Waals surface area contributed by atoms with E-state index in [1.165, 1.54) is 0 Å². The second-order valence-electron chi connectivity index (χ2n) is 3.67. The van der Waals surface area contributed by atoms with Gasteiger partial charge in [0.05, 0.1) is 14.5 Å². The summed E-state index contributed by atoms with van der Waals surface area (Å²) in [5, 5.41) is 2.30. The zero-order valence-corrected chi connectivity index (χ0v) is 11.7. The molecule has 0 spiro atoms. The summed E-state index contributed by atoms with van der Waals surface area (Å²) in [5.41, 5.74) is -0.182. The van der Waals surface area contributed by atoms with Gasteiger partial charge in [-0.2, -0.15) is 0 Å². The molecule has 0 aliphatic heterocycles. The lowest BCUT2D eigenvalue weighted by atomic mass is 10.2. The predicted octanol–water partition coefficient (Wildman–Crippen LogP) is 3.84. The lowest BCUT2D eigenvalue weighted by Crippen LogP contribution is -2.31. The quantitative estimate of drug-likeness (QED) is 0.633. The molecule has 0 aliphatic carbocycles. The van der Waals surface area contributed by atoms with Crippen molar-refractivity contribution < 1.29 is 13.6 Å². The third kappa shape index (κ3) is 3.25. The highest BCUT2D eigenvalue weighted by molar-refractivity contribution is 9.10. The molecule has 0 bridgehead atoms. The van der Waals surface area contributed by atoms with Crippen molar-refractivity contribution in [2.45, 2.75) is 18.2 Å². The molecule has 0 saturated carbocycles. The fourth-order valence-electron chi connectivity index (χ4n) is 0.889. The van der Waals surface area contributed by atoms with Crippen molar-refractivity contribution in [3.8, 4) is 0 Å². The smallest absolute Gasteiger partial charge is 0.240 e. The Balaban J connectivity index is 2.99. The van der Waals surface area contributed by atoms with E-state index in [1.807, 2.05) is 0 Å². The predicted molar refractivity (Wildman–Crippen MR) is 65.7 cm³/mol. The van der Waals surface area contributed by atoms with Crippen molar-refractivity contribution >= 4 is 43.5 Å². The second-order valence-corrected chi connectivity index (χ2v) is 6.51. The zero-order chi connectivity index (χ0) is 12.5. The molecule has 0 fully saturated rings. The molecule has 0 unspecified atom stereocenters. The molecule has 0 aliphatic rings. The Labute approximate surface area is 109 Å². The van der Waals surface area contributed by atoms with E-state index in [4.69, 9.17) is 0 Å². The van der Waals surface area contributed by atoms with Crippen LogP contribution in [-0.4, -0.2) is 10.2 Å². The van der Waals surface area contributed by atoms with Crippen LogP contribution in [0, 0.1) is 11.6 Å². The van der Waals surface area contributed by atoms with E-state index < -0.39 is 21.9 Å². The molecule has 1 amide bonds. The molecule has 0 radical (unpaired) electrons. The van der Waals surface area contributed by atoms with Crippen LogP contribution in [0.1, 0.15) is 13.8 Å². The van der Waals surface area contributed by atoms with Gasteiger partial charge in [-0.05, 0) is 35.8 Å². The van der Waals surface area contributed by atoms with Crippen molar-refractivity contribution in [1.29, 1.82) is 0 Å². The van der Waals surface area contributed by atoms with Crippen LogP contribution in [-0.2, 0) is 4.79 Å². The van der Waals surface area contributed by atoms with Crippen LogP contribution in [0.3, 0.4) is 0 Å². The molecule has 16 heavy (non-hydrogen) atoms. The van der Waals surface area contributed by atoms with Crippen LogP contribution in [0.25, 0.3) is 0 Å². The van der Waals surface area contributed by atoms with Gasteiger partial charge in [0.25, 0.3) is 0 Å². The van der Waals surface area contributed by atoms with Gasteiger partial charge >= 0.3 is 0 Å². The van der Waals surface area contributed by atoms with Crippen LogP contribution >= 0.6 is 31.9 Å². The van der Waals surface area contributed by atoms with E-state index >= 15 is 0 Å². The lowest BCUT2D eigenvalue weighted by Gasteiger charge is -2.16. The van der Waals surface area contributed by atoms with Gasteiger partial charge in [-0.15, -0.1) is 0 Å². The number of carbonyl (C=O) groups excluding carboxylic acids is 1. The SMILES string of the molecule is CC(C)(Br)C(=O)Nc1cc(F)c(Br)cc1F. The number of halogens is 4. The molecule has 1 rings (SSSR count). The minimum absolute atomic E-state index is 0.0149. The fourth-order valence-corrected chi connectivity index (χ4v) is 1.30. The van der Waals surface area contributed by atoms with Crippen LogP contribution in [0.5, 0.6) is 0 Å². The molecule has 0 heterocycles. The van der Waals surface area contributed by atoms with E-state index in [0.29, 0.717) is 0 Å². The van der Waals surface area contributed by atoms with E-state index in [2.05, 4.69) is 37.2 Å². The van der Waals surface area contributed by atoms with Crippen molar-refractivity contribution in [2.75, 3.05) is 5.32 Å². The maximum absolute atomic E-state index is 13.4. The average molecular weight is 357 g/mol. The molecule has 1 aromatic rings. The van der Waals surface area contributed by atoms with Gasteiger partial charge in [-0.25, -0.2) is 8.78 Å². The Morgan fingerprint density at radius 3 is 2.38 bits per heavy atom. The lowest BCUT2D eigenvalue weighted by molar-refractivity contribution is -0.117. The topological polar surface area (TPSA) is 29.1 Å². The maximum Gasteiger partial charge on any atom is 0.240 e. The average Bonchev–Trinajstić information content (AvgIpc) is 2.12. The summed E-state index contributed by atoms with van der Waals surface area (Å²) in [6.07, 6.45) is 0. The minimum atomic E-state index is -0.844. The summed E-state index contributed by atoms with van der Waals surface area (Å²) >= 11 is 5.97. The minimum Gasteiger partial charge on any atom is -0.322 e. The summed E-state index contributed by atoms with van der Waals surface area (Å²) in [4.78, 5) is 11.5. The van der Waals surface area contributed by atoms with Crippen LogP contribution in [0.2, 0.25) is 0 Å². The van der Waals surface area contributed by atoms with Crippen molar-refractivity contribution in [1.82, 2.24) is 0 Å². The Bertz CT molecular complexity index is 430. The number of carbonyl (C=O) groups is 1. The molecular weight excluding hydrogens is 348 g/mol. The Hall–Kier alpha value is -0.490. The third-order valence-corrected chi connectivity index (χ3v) is 2.77. The Kier molecular flexibility index (Phi) is 4.07. The molecule has 0 aromatic heterocycles. The number of hydrogen-bond donors (Lipinski definition) is 1. The van der Waals surface area contributed by atoms with Gasteiger partial charge in [-0.3, -0.25) is 4.79 Å². The normalized spacial score (nSPS) is 11.4. The van der Waals surface area contributed by atoms with E-state index in [1.54, 1.807) is 13.8 Å². The third-order valence-electron chi connectivity index (χ3n) is 1.80. The Morgan fingerprint density at radius 1 is 1.31 bits per heavy atom. The van der Waals surface area contributed by atoms with Gasteiger partial charge in [-0.1, -0.05) is 15.9 Å². The number of nitrogens with one attached hydrogen (secondary N) is 1. The second kappa shape index (κ2) is 4.79. The maximum atomic E-state index is 13.4. The molecule has 88 valence electrons. The molecule has 2 nitrogen and oxygen atoms in total. The van der Waals surface area contributed by atoms with Gasteiger partial charge in [0.2, 0.25) is 5.91 Å². The number of hydrogen-bond acceptors (Lipinski definition) is 1. The molecular formula is C10H9Br2F2NO. The first kappa shape index (κ1) is 13.6. The van der Waals surface area contributed by atoms with Gasteiger partial charge in [0.15, 0.2) is 0 Å².